The fraction of sp³-hybridized carbons (Fsp3) is 0.538. The highest BCUT2D eigenvalue weighted by Crippen LogP contribution is 2.60. The molecule has 9 heteroatoms. The molecule has 2 rings (SSSR count). The van der Waals surface area contributed by atoms with Crippen molar-refractivity contribution in [1.29, 1.82) is 0 Å². The van der Waals surface area contributed by atoms with Crippen molar-refractivity contribution in [2.75, 3.05) is 33.2 Å². The number of hydrogen-bond donors (Lipinski definition) is 2. The second-order valence-corrected chi connectivity index (χ2v) is 7.98. The molecule has 0 amide bonds. The molecule has 0 atom stereocenters. The zero-order valence-corrected chi connectivity index (χ0v) is 14.5. The first-order valence-electron chi connectivity index (χ1n) is 6.74. The fourth-order valence-corrected chi connectivity index (χ4v) is 3.66. The van der Waals surface area contributed by atoms with Gasteiger partial charge in [0, 0.05) is 42.8 Å². The Labute approximate surface area is 136 Å². The van der Waals surface area contributed by atoms with Crippen LogP contribution in [0, 0.1) is 0 Å². The van der Waals surface area contributed by atoms with Gasteiger partial charge in [-0.15, -0.1) is 0 Å². The van der Waals surface area contributed by atoms with Gasteiger partial charge in [-0.05, 0) is 18.7 Å². The summed E-state index contributed by atoms with van der Waals surface area (Å²) in [5, 5.41) is 0. The van der Waals surface area contributed by atoms with Crippen LogP contribution in [-0.4, -0.2) is 52.8 Å². The predicted molar refractivity (Wildman–Crippen MR) is 82.9 cm³/mol. The Bertz CT molecular complexity index is 589. The number of nitrogens with zero attached hydrogens (tertiary/aromatic N) is 2. The number of hydrogen-bond acceptors (Lipinski definition) is 3. The number of benzene rings is 1. The average Bonchev–Trinajstić information content (AvgIpc) is 2.40. The minimum absolute atomic E-state index is 0.00690. The van der Waals surface area contributed by atoms with Crippen LogP contribution in [0.5, 0.6) is 0 Å². The van der Waals surface area contributed by atoms with Gasteiger partial charge in [-0.25, -0.2) is 0 Å². The molecule has 2 N–H and O–H groups in total. The van der Waals surface area contributed by atoms with E-state index >= 15 is 0 Å². The molecule has 5 nitrogen and oxygen atoms in total. The summed E-state index contributed by atoms with van der Waals surface area (Å²) in [7, 11) is -3.51. The van der Waals surface area contributed by atoms with Crippen LogP contribution in [0.4, 0.5) is 8.78 Å². The van der Waals surface area contributed by atoms with Crippen molar-refractivity contribution in [3.63, 3.8) is 0 Å². The molecular weight excluding hydrogens is 381 g/mol. The van der Waals surface area contributed by atoms with Gasteiger partial charge in [0.25, 0.3) is 0 Å². The minimum Gasteiger partial charge on any atom is -0.320 e. The molecule has 0 aliphatic carbocycles. The molecule has 0 radical (unpaired) electrons. The lowest BCUT2D eigenvalue weighted by Crippen LogP contribution is -2.43. The van der Waals surface area contributed by atoms with Crippen molar-refractivity contribution in [2.24, 2.45) is 0 Å². The van der Waals surface area contributed by atoms with Crippen molar-refractivity contribution in [3.8, 4) is 0 Å². The Hall–Kier alpha value is -0.370. The monoisotopic (exact) mass is 398 g/mol. The van der Waals surface area contributed by atoms with Crippen molar-refractivity contribution in [2.45, 2.75) is 12.2 Å². The van der Waals surface area contributed by atoms with Gasteiger partial charge < -0.3 is 14.7 Å². The molecule has 1 aromatic carbocycles. The lowest BCUT2D eigenvalue weighted by molar-refractivity contribution is 0.0557. The molecule has 0 saturated carbocycles. The van der Waals surface area contributed by atoms with Crippen LogP contribution in [0.3, 0.4) is 0 Å². The first-order chi connectivity index (χ1) is 10.1. The van der Waals surface area contributed by atoms with Crippen LogP contribution < -0.4 is 0 Å². The highest BCUT2D eigenvalue weighted by molar-refractivity contribution is 9.10. The van der Waals surface area contributed by atoms with E-state index in [0.29, 0.717) is 6.54 Å². The largest absolute Gasteiger partial charge is 0.399 e. The van der Waals surface area contributed by atoms with Crippen molar-refractivity contribution < 1.29 is 23.1 Å². The maximum Gasteiger partial charge on any atom is 0.399 e. The van der Waals surface area contributed by atoms with Crippen LogP contribution in [-0.2, 0) is 16.8 Å². The average molecular weight is 399 g/mol. The molecule has 1 aromatic rings. The third kappa shape index (κ3) is 3.93. The summed E-state index contributed by atoms with van der Waals surface area (Å²) in [6.07, 6.45) is 0. The van der Waals surface area contributed by atoms with E-state index in [4.69, 9.17) is 9.79 Å². The third-order valence-corrected chi connectivity index (χ3v) is 5.35. The van der Waals surface area contributed by atoms with Gasteiger partial charge in [0.05, 0.1) is 0 Å². The number of rotatable bonds is 4. The van der Waals surface area contributed by atoms with Gasteiger partial charge in [-0.3, -0.25) is 9.46 Å². The second kappa shape index (κ2) is 6.63. The SMILES string of the molecule is CN1CCN(Cc2ccc(C(F)(F)P(=O)(O)O)c(Br)c2)CC1. The van der Waals surface area contributed by atoms with E-state index in [0.717, 1.165) is 37.8 Å². The third-order valence-electron chi connectivity index (χ3n) is 3.73. The minimum atomic E-state index is -5.55. The predicted octanol–water partition coefficient (Wildman–Crippen LogP) is 2.42. The van der Waals surface area contributed by atoms with E-state index in [9.17, 15) is 13.3 Å². The molecule has 0 unspecified atom stereocenters. The van der Waals surface area contributed by atoms with Gasteiger partial charge in [0.1, 0.15) is 0 Å². The summed E-state index contributed by atoms with van der Waals surface area (Å²) < 4.78 is 38.5. The highest BCUT2D eigenvalue weighted by atomic mass is 79.9. The summed E-state index contributed by atoms with van der Waals surface area (Å²) >= 11 is 3.00. The smallest absolute Gasteiger partial charge is 0.320 e. The van der Waals surface area contributed by atoms with Crippen LogP contribution in [0.25, 0.3) is 0 Å². The van der Waals surface area contributed by atoms with Crippen LogP contribution in [0.1, 0.15) is 11.1 Å². The lowest BCUT2D eigenvalue weighted by atomic mass is 10.1. The fourth-order valence-electron chi connectivity index (χ4n) is 2.32. The van der Waals surface area contributed by atoms with E-state index < -0.39 is 18.8 Å². The normalized spacial score (nSPS) is 18.6. The number of alkyl halides is 2. The van der Waals surface area contributed by atoms with Gasteiger partial charge in [-0.2, -0.15) is 8.78 Å². The van der Waals surface area contributed by atoms with Gasteiger partial charge in [0.15, 0.2) is 0 Å². The summed E-state index contributed by atoms with van der Waals surface area (Å²) in [6, 6.07) is 4.06. The standard InChI is InChI=1S/C13H18BrF2N2O3P/c1-17-4-6-18(7-5-17)9-10-2-3-11(12(14)8-10)13(15,16)22(19,20)21/h2-3,8H,4-7,9H2,1H3,(H2,19,20,21). The lowest BCUT2D eigenvalue weighted by Gasteiger charge is -2.32. The zero-order chi connectivity index (χ0) is 16.5. The van der Waals surface area contributed by atoms with Crippen molar-refractivity contribution in [1.82, 2.24) is 9.80 Å². The first-order valence-corrected chi connectivity index (χ1v) is 9.15. The molecule has 124 valence electrons. The molecule has 1 aliphatic heterocycles. The van der Waals surface area contributed by atoms with Crippen molar-refractivity contribution in [3.05, 3.63) is 33.8 Å². The summed E-state index contributed by atoms with van der Waals surface area (Å²) in [4.78, 5) is 22.0. The Morgan fingerprint density at radius 3 is 2.36 bits per heavy atom. The molecule has 1 saturated heterocycles. The molecule has 1 aliphatic rings. The van der Waals surface area contributed by atoms with Crippen LogP contribution in [0.15, 0.2) is 22.7 Å². The maximum absolute atomic E-state index is 13.7. The Balaban J connectivity index is 2.15. The Kier molecular flexibility index (Phi) is 5.42. The second-order valence-electron chi connectivity index (χ2n) is 5.48. The molecule has 0 bridgehead atoms. The quantitative estimate of drug-likeness (QED) is 0.762. The topological polar surface area (TPSA) is 64.0 Å². The molecule has 0 aromatic heterocycles. The Morgan fingerprint density at radius 1 is 1.27 bits per heavy atom. The van der Waals surface area contributed by atoms with Gasteiger partial charge >= 0.3 is 13.3 Å². The van der Waals surface area contributed by atoms with Crippen LogP contribution >= 0.6 is 23.5 Å². The number of piperazine rings is 1. The zero-order valence-electron chi connectivity index (χ0n) is 12.0. The number of halogens is 3. The van der Waals surface area contributed by atoms with Gasteiger partial charge in [-0.1, -0.05) is 28.1 Å². The molecular formula is C13H18BrF2N2O3P. The molecule has 22 heavy (non-hydrogen) atoms. The van der Waals surface area contributed by atoms with E-state index in [-0.39, 0.29) is 4.47 Å². The molecule has 0 spiro atoms. The van der Waals surface area contributed by atoms with E-state index in [2.05, 4.69) is 25.7 Å². The van der Waals surface area contributed by atoms with Crippen molar-refractivity contribution >= 4 is 23.5 Å². The van der Waals surface area contributed by atoms with E-state index in [1.165, 1.54) is 12.1 Å². The number of likely N-dealkylation sites (N-methyl/N-ethyl adjacent to an activating group) is 1. The maximum atomic E-state index is 13.7. The molecule has 1 heterocycles. The van der Waals surface area contributed by atoms with Gasteiger partial charge in [0.2, 0.25) is 0 Å². The van der Waals surface area contributed by atoms with E-state index in [1.54, 1.807) is 0 Å². The summed E-state index contributed by atoms with van der Waals surface area (Å²) in [5.74, 6) is 0. The molecule has 1 fully saturated rings. The highest BCUT2D eigenvalue weighted by Gasteiger charge is 2.51. The first kappa shape index (κ1) is 18.0. The Morgan fingerprint density at radius 2 is 1.86 bits per heavy atom. The van der Waals surface area contributed by atoms with Crippen LogP contribution in [0.2, 0.25) is 0 Å². The summed E-state index contributed by atoms with van der Waals surface area (Å²) in [6.45, 7) is 4.32. The van der Waals surface area contributed by atoms with E-state index in [1.807, 2.05) is 7.05 Å². The summed E-state index contributed by atoms with van der Waals surface area (Å²) in [5.41, 5.74) is -4.07.